The number of hydrogen-bond donors (Lipinski definition) is 2. The minimum atomic E-state index is -0.0255. The Morgan fingerprint density at radius 3 is 3.11 bits per heavy atom. The largest absolute Gasteiger partial charge is 0.379 e. The predicted octanol–water partition coefficient (Wildman–Crippen LogP) is 1.23. The Kier molecular flexibility index (Phi) is 5.20. The Bertz CT molecular complexity index is 315. The second-order valence-electron chi connectivity index (χ2n) is 5.10. The normalized spacial score (nSPS) is 27.3. The molecule has 0 saturated carbocycles. The molecular weight excluding hydrogens is 228 g/mol. The molecule has 0 aromatic carbocycles. The van der Waals surface area contributed by atoms with Gasteiger partial charge >= 0.3 is 0 Å². The molecule has 0 bridgehead atoms. The van der Waals surface area contributed by atoms with Crippen LogP contribution < -0.4 is 10.6 Å². The fourth-order valence-corrected chi connectivity index (χ4v) is 2.72. The zero-order chi connectivity index (χ0) is 12.8. The number of ether oxygens (including phenoxy) is 1. The lowest BCUT2D eigenvalue weighted by Crippen LogP contribution is -2.44. The molecule has 1 amide bonds. The molecule has 2 atom stereocenters. The summed E-state index contributed by atoms with van der Waals surface area (Å²) < 4.78 is 5.39. The van der Waals surface area contributed by atoms with Crippen LogP contribution in [-0.4, -0.2) is 38.3 Å². The number of hydrogen-bond acceptors (Lipinski definition) is 3. The van der Waals surface area contributed by atoms with Gasteiger partial charge in [-0.15, -0.1) is 0 Å². The van der Waals surface area contributed by atoms with Gasteiger partial charge in [0, 0.05) is 12.6 Å². The van der Waals surface area contributed by atoms with E-state index in [0.29, 0.717) is 13.2 Å². The van der Waals surface area contributed by atoms with Crippen LogP contribution in [0.5, 0.6) is 0 Å². The highest BCUT2D eigenvalue weighted by atomic mass is 16.5. The first-order chi connectivity index (χ1) is 8.81. The van der Waals surface area contributed by atoms with E-state index in [0.717, 1.165) is 19.5 Å². The molecule has 1 aliphatic heterocycles. The number of rotatable bonds is 6. The van der Waals surface area contributed by atoms with Gasteiger partial charge in [-0.05, 0) is 32.2 Å². The monoisotopic (exact) mass is 252 g/mol. The summed E-state index contributed by atoms with van der Waals surface area (Å²) in [5, 5.41) is 6.35. The molecule has 0 aromatic rings. The Balaban J connectivity index is 1.70. The molecule has 0 aromatic heterocycles. The molecule has 1 saturated heterocycles. The van der Waals surface area contributed by atoms with Gasteiger partial charge in [0.1, 0.15) is 0 Å². The maximum absolute atomic E-state index is 12.1. The van der Waals surface area contributed by atoms with Crippen molar-refractivity contribution < 1.29 is 9.53 Å². The molecule has 2 unspecified atom stereocenters. The highest BCUT2D eigenvalue weighted by molar-refractivity contribution is 5.79. The number of likely N-dealkylation sites (N-methyl/N-ethyl adjacent to an activating group) is 1. The fourth-order valence-electron chi connectivity index (χ4n) is 2.72. The van der Waals surface area contributed by atoms with Gasteiger partial charge in [-0.25, -0.2) is 0 Å². The lowest BCUT2D eigenvalue weighted by Gasteiger charge is -2.17. The lowest BCUT2D eigenvalue weighted by molar-refractivity contribution is -0.125. The van der Waals surface area contributed by atoms with Crippen molar-refractivity contribution in [2.75, 3.05) is 26.3 Å². The summed E-state index contributed by atoms with van der Waals surface area (Å²) in [6.45, 7) is 4.90. The van der Waals surface area contributed by atoms with E-state index in [2.05, 4.69) is 23.6 Å². The number of allylic oxidation sites excluding steroid dienone is 1. The van der Waals surface area contributed by atoms with Crippen LogP contribution in [0.1, 0.15) is 32.6 Å². The summed E-state index contributed by atoms with van der Waals surface area (Å²) in [5.74, 6) is 0.111. The van der Waals surface area contributed by atoms with E-state index in [1.54, 1.807) is 0 Å². The minimum Gasteiger partial charge on any atom is -0.379 e. The Hall–Kier alpha value is -0.870. The minimum absolute atomic E-state index is 0.0255. The number of amides is 1. The highest BCUT2D eigenvalue weighted by Crippen LogP contribution is 2.20. The topological polar surface area (TPSA) is 50.4 Å². The summed E-state index contributed by atoms with van der Waals surface area (Å²) in [4.78, 5) is 12.1. The van der Waals surface area contributed by atoms with Gasteiger partial charge in [0.25, 0.3) is 0 Å². The predicted molar refractivity (Wildman–Crippen MR) is 71.3 cm³/mol. The van der Waals surface area contributed by atoms with E-state index in [1.165, 1.54) is 24.8 Å². The molecule has 102 valence electrons. The van der Waals surface area contributed by atoms with Gasteiger partial charge in [-0.2, -0.15) is 0 Å². The quantitative estimate of drug-likeness (QED) is 0.699. The summed E-state index contributed by atoms with van der Waals surface area (Å²) in [6.07, 6.45) is 7.02. The smallest absolute Gasteiger partial charge is 0.227 e. The average molecular weight is 252 g/mol. The first-order valence-corrected chi connectivity index (χ1v) is 7.08. The van der Waals surface area contributed by atoms with Crippen LogP contribution >= 0.6 is 0 Å². The number of carbonyl (C=O) groups is 1. The third-order valence-corrected chi connectivity index (χ3v) is 3.76. The molecule has 1 aliphatic carbocycles. The van der Waals surface area contributed by atoms with Crippen LogP contribution in [0.15, 0.2) is 11.6 Å². The zero-order valence-electron chi connectivity index (χ0n) is 11.2. The standard InChI is InChI=1S/C14H24N2O2/c1-2-15-13-10-18-9-12(13)14(17)16-8-7-11-5-3-4-6-11/h5,12-13,15H,2-4,6-10H2,1H3,(H,16,17). The molecule has 2 rings (SSSR count). The number of nitrogens with one attached hydrogen (secondary N) is 2. The summed E-state index contributed by atoms with van der Waals surface area (Å²) in [7, 11) is 0. The van der Waals surface area contributed by atoms with E-state index < -0.39 is 0 Å². The molecule has 0 spiro atoms. The molecule has 2 N–H and O–H groups in total. The van der Waals surface area contributed by atoms with Crippen molar-refractivity contribution in [3.05, 3.63) is 11.6 Å². The van der Waals surface area contributed by atoms with Crippen molar-refractivity contribution >= 4 is 5.91 Å². The van der Waals surface area contributed by atoms with Gasteiger partial charge in [0.15, 0.2) is 0 Å². The zero-order valence-corrected chi connectivity index (χ0v) is 11.2. The van der Waals surface area contributed by atoms with Crippen molar-refractivity contribution in [2.24, 2.45) is 5.92 Å². The second-order valence-corrected chi connectivity index (χ2v) is 5.10. The van der Waals surface area contributed by atoms with Gasteiger partial charge < -0.3 is 15.4 Å². The Morgan fingerprint density at radius 1 is 1.50 bits per heavy atom. The van der Waals surface area contributed by atoms with Crippen molar-refractivity contribution in [2.45, 2.75) is 38.6 Å². The van der Waals surface area contributed by atoms with E-state index in [-0.39, 0.29) is 17.9 Å². The highest BCUT2D eigenvalue weighted by Gasteiger charge is 2.33. The fraction of sp³-hybridized carbons (Fsp3) is 0.786. The van der Waals surface area contributed by atoms with E-state index in [4.69, 9.17) is 4.74 Å². The molecule has 4 nitrogen and oxygen atoms in total. The molecule has 2 aliphatic rings. The third-order valence-electron chi connectivity index (χ3n) is 3.76. The molecule has 1 heterocycles. The summed E-state index contributed by atoms with van der Waals surface area (Å²) >= 11 is 0. The second kappa shape index (κ2) is 6.90. The van der Waals surface area contributed by atoms with Gasteiger partial charge in [0.2, 0.25) is 5.91 Å². The molecule has 4 heteroatoms. The third kappa shape index (κ3) is 3.56. The Morgan fingerprint density at radius 2 is 2.39 bits per heavy atom. The van der Waals surface area contributed by atoms with Crippen molar-refractivity contribution in [1.82, 2.24) is 10.6 Å². The van der Waals surface area contributed by atoms with Crippen LogP contribution in [0, 0.1) is 5.92 Å². The van der Waals surface area contributed by atoms with Crippen LogP contribution in [0.2, 0.25) is 0 Å². The maximum atomic E-state index is 12.1. The molecule has 1 fully saturated rings. The van der Waals surface area contributed by atoms with Crippen molar-refractivity contribution in [3.63, 3.8) is 0 Å². The Labute approximate surface area is 109 Å². The van der Waals surface area contributed by atoms with Crippen molar-refractivity contribution in [3.8, 4) is 0 Å². The summed E-state index contributed by atoms with van der Waals surface area (Å²) in [6, 6.07) is 0.181. The van der Waals surface area contributed by atoms with Gasteiger partial charge in [-0.3, -0.25) is 4.79 Å². The average Bonchev–Trinajstić information content (AvgIpc) is 3.00. The van der Waals surface area contributed by atoms with Crippen molar-refractivity contribution in [1.29, 1.82) is 0 Å². The lowest BCUT2D eigenvalue weighted by atomic mass is 10.0. The summed E-state index contributed by atoms with van der Waals surface area (Å²) in [5.41, 5.74) is 1.50. The van der Waals surface area contributed by atoms with E-state index in [9.17, 15) is 4.79 Å². The van der Waals surface area contributed by atoms with E-state index >= 15 is 0 Å². The SMILES string of the molecule is CCNC1COCC1C(=O)NCCC1=CCCC1. The molecule has 18 heavy (non-hydrogen) atoms. The molecular formula is C14H24N2O2. The number of carbonyl (C=O) groups excluding carboxylic acids is 1. The molecule has 0 radical (unpaired) electrons. The first kappa shape index (κ1) is 13.6. The first-order valence-electron chi connectivity index (χ1n) is 7.08. The van der Waals surface area contributed by atoms with Crippen LogP contribution in [0.25, 0.3) is 0 Å². The van der Waals surface area contributed by atoms with Crippen LogP contribution in [0.4, 0.5) is 0 Å². The van der Waals surface area contributed by atoms with Crippen LogP contribution in [0.3, 0.4) is 0 Å². The maximum Gasteiger partial charge on any atom is 0.227 e. The van der Waals surface area contributed by atoms with Gasteiger partial charge in [-0.1, -0.05) is 18.6 Å². The van der Waals surface area contributed by atoms with Gasteiger partial charge in [0.05, 0.1) is 19.1 Å². The van der Waals surface area contributed by atoms with E-state index in [1.807, 2.05) is 0 Å². The van der Waals surface area contributed by atoms with Crippen LogP contribution in [-0.2, 0) is 9.53 Å².